The van der Waals surface area contributed by atoms with Crippen molar-refractivity contribution in [3.8, 4) is 23.3 Å². The minimum atomic E-state index is -0.0137. The van der Waals surface area contributed by atoms with E-state index in [4.69, 9.17) is 14.7 Å². The molecule has 0 saturated heterocycles. The number of fused-ring (bicyclic) bond motifs is 7. The number of para-hydroxylation sites is 5. The van der Waals surface area contributed by atoms with Gasteiger partial charge in [-0.2, -0.15) is 4.98 Å². The van der Waals surface area contributed by atoms with Crippen LogP contribution in [0.4, 0.5) is 17.1 Å². The van der Waals surface area contributed by atoms with Crippen LogP contribution in [0.5, 0.6) is 11.6 Å². The highest BCUT2D eigenvalue weighted by molar-refractivity contribution is 6.10. The lowest BCUT2D eigenvalue weighted by molar-refractivity contribution is 0.463. The Kier molecular flexibility index (Phi) is 6.89. The van der Waals surface area contributed by atoms with Gasteiger partial charge in [-0.05, 0) is 65.6 Å². The van der Waals surface area contributed by atoms with Crippen LogP contribution in [0.1, 0.15) is 26.3 Å². The molecular weight excluding hydrogens is 653 g/mol. The molecule has 10 rings (SSSR count). The highest BCUT2D eigenvalue weighted by Crippen LogP contribution is 2.43. The molecule has 258 valence electrons. The maximum Gasteiger partial charge on any atom is 0.223 e. The van der Waals surface area contributed by atoms with Gasteiger partial charge in [0.25, 0.3) is 0 Å². The van der Waals surface area contributed by atoms with Gasteiger partial charge >= 0.3 is 0 Å². The number of aromatic nitrogens is 4. The first-order chi connectivity index (χ1) is 25.8. The summed E-state index contributed by atoms with van der Waals surface area (Å²) in [5, 5.41) is 4.68. The molecular formula is C46H38N6O. The van der Waals surface area contributed by atoms with Gasteiger partial charge in [0, 0.05) is 53.0 Å². The lowest BCUT2D eigenvalue weighted by atomic mass is 9.88. The van der Waals surface area contributed by atoms with Gasteiger partial charge in [-0.1, -0.05) is 87.5 Å². The summed E-state index contributed by atoms with van der Waals surface area (Å²) in [6, 6.07) is 49.0. The van der Waals surface area contributed by atoms with Crippen molar-refractivity contribution in [2.24, 2.45) is 0 Å². The van der Waals surface area contributed by atoms with Crippen molar-refractivity contribution in [3.05, 3.63) is 151 Å². The number of benzene rings is 5. The first-order valence-corrected chi connectivity index (χ1v) is 18.1. The molecule has 0 atom stereocenters. The third-order valence-corrected chi connectivity index (χ3v) is 10.5. The van der Waals surface area contributed by atoms with E-state index in [2.05, 4.69) is 180 Å². The molecule has 0 amide bonds. The molecule has 1 aliphatic rings. The maximum atomic E-state index is 6.83. The van der Waals surface area contributed by atoms with E-state index in [0.717, 1.165) is 50.5 Å². The zero-order valence-corrected chi connectivity index (χ0v) is 30.2. The van der Waals surface area contributed by atoms with Crippen LogP contribution >= 0.6 is 0 Å². The van der Waals surface area contributed by atoms with Gasteiger partial charge in [0.15, 0.2) is 0 Å². The van der Waals surface area contributed by atoms with Crippen LogP contribution in [-0.4, -0.2) is 32.8 Å². The van der Waals surface area contributed by atoms with Crippen molar-refractivity contribution in [1.29, 1.82) is 0 Å². The van der Waals surface area contributed by atoms with Crippen LogP contribution in [0, 0.1) is 0 Å². The van der Waals surface area contributed by atoms with Gasteiger partial charge in [0.05, 0.1) is 45.8 Å². The molecule has 0 spiro atoms. The first kappa shape index (κ1) is 31.2. The summed E-state index contributed by atoms with van der Waals surface area (Å²) in [5.41, 5.74) is 8.87. The number of rotatable bonds is 5. The second-order valence-corrected chi connectivity index (χ2v) is 14.9. The molecule has 53 heavy (non-hydrogen) atoms. The zero-order valence-electron chi connectivity index (χ0n) is 30.2. The molecule has 5 heterocycles. The summed E-state index contributed by atoms with van der Waals surface area (Å²) in [6.07, 6.45) is 1.91. The smallest absolute Gasteiger partial charge is 0.223 e. The molecule has 0 saturated carbocycles. The number of anilines is 3. The second kappa shape index (κ2) is 11.7. The van der Waals surface area contributed by atoms with Crippen molar-refractivity contribution in [1.82, 2.24) is 19.1 Å². The van der Waals surface area contributed by atoms with Gasteiger partial charge in [-0.25, -0.2) is 4.98 Å². The van der Waals surface area contributed by atoms with Crippen molar-refractivity contribution < 1.29 is 4.74 Å². The second-order valence-electron chi connectivity index (χ2n) is 14.9. The minimum Gasteiger partial charge on any atom is -0.439 e. The summed E-state index contributed by atoms with van der Waals surface area (Å²) in [7, 11) is 2.13. The quantitative estimate of drug-likeness (QED) is 0.180. The van der Waals surface area contributed by atoms with Crippen molar-refractivity contribution in [2.75, 3.05) is 23.5 Å². The number of ether oxygens (including phenoxy) is 1. The van der Waals surface area contributed by atoms with Crippen LogP contribution in [0.2, 0.25) is 0 Å². The van der Waals surface area contributed by atoms with E-state index in [1.807, 2.05) is 12.3 Å². The Morgan fingerprint density at radius 3 is 1.81 bits per heavy atom. The predicted molar refractivity (Wildman–Crippen MR) is 218 cm³/mol. The Balaban J connectivity index is 1.16. The molecule has 0 radical (unpaired) electrons. The summed E-state index contributed by atoms with van der Waals surface area (Å²) in [4.78, 5) is 14.7. The molecule has 7 heteroatoms. The standard InChI is InChI=1S/C46H38N6O/c1-46(2,3)30-23-24-47-43(25-30)52-39-18-10-7-15-35(39)36-22-21-32(28-42(36)52)53-45-27-31(50-29-49(4)40-19-11-12-20-41(40)50)26-44(48-45)51-37-16-8-5-13-33(37)34-14-6-9-17-38(34)51/h5-28H,29H2,1-4H3. The van der Waals surface area contributed by atoms with Gasteiger partial charge in [-0.15, -0.1) is 0 Å². The van der Waals surface area contributed by atoms with Crippen molar-refractivity contribution >= 4 is 60.7 Å². The van der Waals surface area contributed by atoms with E-state index in [1.165, 1.54) is 27.4 Å². The third kappa shape index (κ3) is 5.03. The Morgan fingerprint density at radius 2 is 1.15 bits per heavy atom. The fourth-order valence-corrected chi connectivity index (χ4v) is 7.96. The molecule has 7 nitrogen and oxygen atoms in total. The topological polar surface area (TPSA) is 51.4 Å². The summed E-state index contributed by atoms with van der Waals surface area (Å²) in [5.74, 6) is 2.89. The highest BCUT2D eigenvalue weighted by Gasteiger charge is 2.26. The molecule has 0 aliphatic carbocycles. The zero-order chi connectivity index (χ0) is 35.8. The summed E-state index contributed by atoms with van der Waals surface area (Å²) in [6.45, 7) is 7.41. The Bertz CT molecular complexity index is 2820. The van der Waals surface area contributed by atoms with E-state index < -0.39 is 0 Å². The fourth-order valence-electron chi connectivity index (χ4n) is 7.96. The minimum absolute atomic E-state index is 0.0137. The number of hydrogen-bond acceptors (Lipinski definition) is 5. The van der Waals surface area contributed by atoms with E-state index in [9.17, 15) is 0 Å². The Morgan fingerprint density at radius 1 is 0.566 bits per heavy atom. The number of pyridine rings is 2. The monoisotopic (exact) mass is 690 g/mol. The van der Waals surface area contributed by atoms with E-state index in [-0.39, 0.29) is 5.41 Å². The highest BCUT2D eigenvalue weighted by atomic mass is 16.5. The molecule has 1 aliphatic heterocycles. The predicted octanol–water partition coefficient (Wildman–Crippen LogP) is 11.3. The molecule has 0 unspecified atom stereocenters. The van der Waals surface area contributed by atoms with Crippen LogP contribution in [0.25, 0.3) is 55.2 Å². The van der Waals surface area contributed by atoms with Gasteiger partial charge in [-0.3, -0.25) is 9.13 Å². The number of nitrogens with zero attached hydrogens (tertiary/aromatic N) is 6. The van der Waals surface area contributed by atoms with Crippen LogP contribution < -0.4 is 14.5 Å². The third-order valence-electron chi connectivity index (χ3n) is 10.5. The van der Waals surface area contributed by atoms with E-state index in [0.29, 0.717) is 18.3 Å². The lowest BCUT2D eigenvalue weighted by Gasteiger charge is -2.21. The van der Waals surface area contributed by atoms with Gasteiger partial charge in [0.2, 0.25) is 5.88 Å². The molecule has 0 bridgehead atoms. The van der Waals surface area contributed by atoms with E-state index >= 15 is 0 Å². The molecule has 5 aromatic carbocycles. The lowest BCUT2D eigenvalue weighted by Crippen LogP contribution is -2.24. The number of hydrogen-bond donors (Lipinski definition) is 0. The maximum absolute atomic E-state index is 6.83. The van der Waals surface area contributed by atoms with Crippen molar-refractivity contribution in [3.63, 3.8) is 0 Å². The molecule has 9 aromatic rings. The largest absolute Gasteiger partial charge is 0.439 e. The summed E-state index contributed by atoms with van der Waals surface area (Å²) < 4.78 is 11.3. The summed E-state index contributed by atoms with van der Waals surface area (Å²) >= 11 is 0. The Labute approximate surface area is 307 Å². The van der Waals surface area contributed by atoms with Crippen molar-refractivity contribution in [2.45, 2.75) is 26.2 Å². The van der Waals surface area contributed by atoms with Crippen LogP contribution in [0.3, 0.4) is 0 Å². The molecule has 0 N–H and O–H groups in total. The first-order valence-electron chi connectivity index (χ1n) is 18.1. The van der Waals surface area contributed by atoms with E-state index in [1.54, 1.807) is 0 Å². The molecule has 0 fully saturated rings. The molecule has 4 aromatic heterocycles. The van der Waals surface area contributed by atoms with Crippen LogP contribution in [0.15, 0.2) is 146 Å². The normalized spacial score (nSPS) is 13.1. The average Bonchev–Trinajstić information content (AvgIpc) is 3.81. The SMILES string of the molecule is CN1CN(c2cc(Oc3ccc4c5ccccc5n(-c5cc(C(C)(C)C)ccn5)c4c3)nc(-n3c4ccccc4c4ccccc43)c2)c2ccccc21. The van der Waals surface area contributed by atoms with Crippen LogP contribution in [-0.2, 0) is 5.41 Å². The fraction of sp³-hybridized carbons (Fsp3) is 0.130. The van der Waals surface area contributed by atoms with Gasteiger partial charge in [0.1, 0.15) is 17.4 Å². The Hall–Kier alpha value is -6.60. The average molecular weight is 691 g/mol. The van der Waals surface area contributed by atoms with Gasteiger partial charge < -0.3 is 14.5 Å².